The largest absolute Gasteiger partial charge is 0.506 e. The second-order valence-electron chi connectivity index (χ2n) is 3.62. The van der Waals surface area contributed by atoms with Crippen LogP contribution in [0.4, 0.5) is 4.39 Å². The number of hydrogen-bond acceptors (Lipinski definition) is 3. The van der Waals surface area contributed by atoms with E-state index in [0.29, 0.717) is 11.1 Å². The number of rotatable bonds is 1. The Morgan fingerprint density at radius 2 is 1.88 bits per heavy atom. The summed E-state index contributed by atoms with van der Waals surface area (Å²) in [4.78, 5) is 4.09. The smallest absolute Gasteiger partial charge is 0.230 e. The second-order valence-corrected chi connectivity index (χ2v) is 3.62. The average molecular weight is 229 g/mol. The van der Waals surface area contributed by atoms with Gasteiger partial charge in [0.25, 0.3) is 0 Å². The number of benzene rings is 2. The lowest BCUT2D eigenvalue weighted by atomic mass is 10.2. The van der Waals surface area contributed by atoms with Gasteiger partial charge in [-0.15, -0.1) is 0 Å². The Hall–Kier alpha value is -2.36. The lowest BCUT2D eigenvalue weighted by molar-refractivity contribution is 0.480. The Bertz CT molecular complexity index is 691. The predicted octanol–water partition coefficient (Wildman–Crippen LogP) is 3.34. The Kier molecular flexibility index (Phi) is 2.08. The molecule has 84 valence electrons. The number of para-hydroxylation sites is 1. The molecule has 3 rings (SSSR count). The molecule has 3 nitrogen and oxygen atoms in total. The Morgan fingerprint density at radius 1 is 1.06 bits per heavy atom. The number of hydrogen-bond donors (Lipinski definition) is 1. The molecule has 0 spiro atoms. The minimum atomic E-state index is -0.404. The van der Waals surface area contributed by atoms with E-state index in [4.69, 9.17) is 4.42 Å². The maximum atomic E-state index is 13.5. The van der Waals surface area contributed by atoms with E-state index in [0.717, 1.165) is 0 Å². The number of oxazole rings is 1. The minimum absolute atomic E-state index is 0.0221. The van der Waals surface area contributed by atoms with Gasteiger partial charge in [0.05, 0.1) is 5.56 Å². The van der Waals surface area contributed by atoms with E-state index in [1.165, 1.54) is 12.1 Å². The molecule has 0 unspecified atom stereocenters. The van der Waals surface area contributed by atoms with Crippen LogP contribution in [0.3, 0.4) is 0 Å². The zero-order valence-electron chi connectivity index (χ0n) is 8.72. The standard InChI is InChI=1S/C13H8FNO2/c14-9-5-2-1-4-8(9)13-15-12-10(16)6-3-7-11(12)17-13/h1-7,16H. The fourth-order valence-electron chi connectivity index (χ4n) is 1.68. The van der Waals surface area contributed by atoms with Gasteiger partial charge in [0.1, 0.15) is 11.6 Å². The van der Waals surface area contributed by atoms with Crippen molar-refractivity contribution < 1.29 is 13.9 Å². The van der Waals surface area contributed by atoms with Crippen LogP contribution in [0.2, 0.25) is 0 Å². The third-order valence-corrected chi connectivity index (χ3v) is 2.50. The van der Waals surface area contributed by atoms with Crippen molar-refractivity contribution in [1.29, 1.82) is 0 Å². The van der Waals surface area contributed by atoms with Crippen LogP contribution in [0.25, 0.3) is 22.6 Å². The summed E-state index contributed by atoms with van der Waals surface area (Å²) in [5.41, 5.74) is 1.05. The highest BCUT2D eigenvalue weighted by Gasteiger charge is 2.13. The molecule has 2 aromatic carbocycles. The van der Waals surface area contributed by atoms with Crippen molar-refractivity contribution in [3.63, 3.8) is 0 Å². The molecule has 0 saturated heterocycles. The van der Waals surface area contributed by atoms with Crippen molar-refractivity contribution in [2.45, 2.75) is 0 Å². The molecule has 17 heavy (non-hydrogen) atoms. The molecular formula is C13H8FNO2. The van der Waals surface area contributed by atoms with Crippen molar-refractivity contribution in [2.24, 2.45) is 0 Å². The van der Waals surface area contributed by atoms with E-state index >= 15 is 0 Å². The van der Waals surface area contributed by atoms with E-state index in [9.17, 15) is 9.50 Å². The molecule has 0 radical (unpaired) electrons. The molecule has 0 atom stereocenters. The van der Waals surface area contributed by atoms with Crippen molar-refractivity contribution in [3.8, 4) is 17.2 Å². The molecule has 0 aliphatic carbocycles. The first kappa shape index (κ1) is 9.84. The summed E-state index contributed by atoms with van der Waals surface area (Å²) < 4.78 is 18.9. The SMILES string of the molecule is Oc1cccc2oc(-c3ccccc3F)nc12. The molecule has 1 N–H and O–H groups in total. The van der Waals surface area contributed by atoms with Gasteiger partial charge in [0.2, 0.25) is 5.89 Å². The Balaban J connectivity index is 2.26. The molecule has 0 amide bonds. The highest BCUT2D eigenvalue weighted by Crippen LogP contribution is 2.30. The topological polar surface area (TPSA) is 46.3 Å². The highest BCUT2D eigenvalue weighted by molar-refractivity contribution is 5.81. The fraction of sp³-hybridized carbons (Fsp3) is 0. The number of fused-ring (bicyclic) bond motifs is 1. The summed E-state index contributed by atoms with van der Waals surface area (Å²) in [5, 5.41) is 9.58. The minimum Gasteiger partial charge on any atom is -0.506 e. The van der Waals surface area contributed by atoms with E-state index in [-0.39, 0.29) is 17.2 Å². The first-order chi connectivity index (χ1) is 8.25. The van der Waals surface area contributed by atoms with Crippen molar-refractivity contribution in [3.05, 3.63) is 48.3 Å². The first-order valence-corrected chi connectivity index (χ1v) is 5.09. The number of aromatic hydroxyl groups is 1. The van der Waals surface area contributed by atoms with Gasteiger partial charge in [-0.25, -0.2) is 9.37 Å². The number of phenolic OH excluding ortho intramolecular Hbond substituents is 1. The first-order valence-electron chi connectivity index (χ1n) is 5.09. The summed E-state index contributed by atoms with van der Waals surface area (Å²) in [5.74, 6) is -0.216. The van der Waals surface area contributed by atoms with Gasteiger partial charge in [-0.1, -0.05) is 18.2 Å². The molecule has 0 aliphatic rings. The molecule has 4 heteroatoms. The van der Waals surface area contributed by atoms with Gasteiger partial charge in [0, 0.05) is 0 Å². The van der Waals surface area contributed by atoms with Crippen LogP contribution in [0.15, 0.2) is 46.9 Å². The second kappa shape index (κ2) is 3.59. The van der Waals surface area contributed by atoms with Gasteiger partial charge >= 0.3 is 0 Å². The van der Waals surface area contributed by atoms with Crippen molar-refractivity contribution in [2.75, 3.05) is 0 Å². The molecule has 1 heterocycles. The zero-order valence-corrected chi connectivity index (χ0v) is 8.72. The zero-order chi connectivity index (χ0) is 11.8. The molecular weight excluding hydrogens is 221 g/mol. The van der Waals surface area contributed by atoms with Gasteiger partial charge in [-0.2, -0.15) is 0 Å². The highest BCUT2D eigenvalue weighted by atomic mass is 19.1. The van der Waals surface area contributed by atoms with Crippen LogP contribution >= 0.6 is 0 Å². The number of nitrogens with zero attached hydrogens (tertiary/aromatic N) is 1. The normalized spacial score (nSPS) is 10.9. The summed E-state index contributed by atoms with van der Waals surface area (Å²) in [6.45, 7) is 0. The summed E-state index contributed by atoms with van der Waals surface area (Å²) >= 11 is 0. The summed E-state index contributed by atoms with van der Waals surface area (Å²) in [6.07, 6.45) is 0. The number of aromatic nitrogens is 1. The third-order valence-electron chi connectivity index (χ3n) is 2.50. The van der Waals surface area contributed by atoms with E-state index in [1.807, 2.05) is 0 Å². The van der Waals surface area contributed by atoms with Crippen molar-refractivity contribution in [1.82, 2.24) is 4.98 Å². The van der Waals surface area contributed by atoms with Crippen LogP contribution in [0.5, 0.6) is 5.75 Å². The molecule has 3 aromatic rings. The average Bonchev–Trinajstić information content (AvgIpc) is 2.75. The van der Waals surface area contributed by atoms with Gasteiger partial charge < -0.3 is 9.52 Å². The maximum Gasteiger partial charge on any atom is 0.230 e. The monoisotopic (exact) mass is 229 g/mol. The van der Waals surface area contributed by atoms with Crippen LogP contribution in [-0.4, -0.2) is 10.1 Å². The van der Waals surface area contributed by atoms with E-state index in [2.05, 4.69) is 4.98 Å². The lowest BCUT2D eigenvalue weighted by Crippen LogP contribution is -1.82. The molecule has 0 saturated carbocycles. The van der Waals surface area contributed by atoms with Crippen LogP contribution in [-0.2, 0) is 0 Å². The predicted molar refractivity (Wildman–Crippen MR) is 61.1 cm³/mol. The van der Waals surface area contributed by atoms with E-state index in [1.54, 1.807) is 30.3 Å². The number of phenols is 1. The van der Waals surface area contributed by atoms with Crippen molar-refractivity contribution >= 4 is 11.1 Å². The molecule has 0 fully saturated rings. The number of halogens is 1. The van der Waals surface area contributed by atoms with Gasteiger partial charge in [0.15, 0.2) is 11.1 Å². The summed E-state index contributed by atoms with van der Waals surface area (Å²) in [6, 6.07) is 11.0. The van der Waals surface area contributed by atoms with Crippen LogP contribution in [0.1, 0.15) is 0 Å². The molecule has 1 aromatic heterocycles. The lowest BCUT2D eigenvalue weighted by Gasteiger charge is -1.95. The van der Waals surface area contributed by atoms with E-state index < -0.39 is 5.82 Å². The van der Waals surface area contributed by atoms with Gasteiger partial charge in [-0.05, 0) is 24.3 Å². The Morgan fingerprint density at radius 3 is 2.65 bits per heavy atom. The van der Waals surface area contributed by atoms with Crippen LogP contribution < -0.4 is 0 Å². The fourth-order valence-corrected chi connectivity index (χ4v) is 1.68. The quantitative estimate of drug-likeness (QED) is 0.696. The van der Waals surface area contributed by atoms with Gasteiger partial charge in [-0.3, -0.25) is 0 Å². The maximum absolute atomic E-state index is 13.5. The third kappa shape index (κ3) is 1.54. The van der Waals surface area contributed by atoms with Crippen LogP contribution in [0, 0.1) is 5.82 Å². The Labute approximate surface area is 96.1 Å². The summed E-state index contributed by atoms with van der Waals surface area (Å²) in [7, 11) is 0. The molecule has 0 bridgehead atoms. The molecule has 0 aliphatic heterocycles.